The quantitative estimate of drug-likeness (QED) is 0.527. The first-order valence-electron chi connectivity index (χ1n) is 4.18. The van der Waals surface area contributed by atoms with Gasteiger partial charge in [0.1, 0.15) is 6.04 Å². The van der Waals surface area contributed by atoms with Gasteiger partial charge in [-0.2, -0.15) is 0 Å². The molecule has 76 valence electrons. The lowest BCUT2D eigenvalue weighted by molar-refractivity contribution is -0.141. The second-order valence-electron chi connectivity index (χ2n) is 3.36. The normalized spacial score (nSPS) is 12.8. The van der Waals surface area contributed by atoms with Crippen molar-refractivity contribution in [1.82, 2.24) is 5.32 Å². The molecule has 0 aromatic heterocycles. The van der Waals surface area contributed by atoms with Crippen LogP contribution in [-0.2, 0) is 9.59 Å². The van der Waals surface area contributed by atoms with E-state index in [1.807, 2.05) is 13.8 Å². The van der Waals surface area contributed by atoms with Gasteiger partial charge < -0.3 is 16.2 Å². The van der Waals surface area contributed by atoms with E-state index in [2.05, 4.69) is 5.32 Å². The van der Waals surface area contributed by atoms with Gasteiger partial charge >= 0.3 is 5.97 Å². The van der Waals surface area contributed by atoms with Gasteiger partial charge in [0, 0.05) is 0 Å². The first-order valence-corrected chi connectivity index (χ1v) is 4.18. The Balaban J connectivity index is 3.95. The van der Waals surface area contributed by atoms with Crippen molar-refractivity contribution in [3.63, 3.8) is 0 Å². The summed E-state index contributed by atoms with van der Waals surface area (Å²) in [4.78, 5) is 21.1. The number of primary amides is 1. The molecule has 0 saturated carbocycles. The average Bonchev–Trinajstić information content (AvgIpc) is 1.96. The highest BCUT2D eigenvalue weighted by molar-refractivity contribution is 5.83. The van der Waals surface area contributed by atoms with Gasteiger partial charge in [-0.3, -0.25) is 9.59 Å². The molecule has 0 aromatic rings. The van der Waals surface area contributed by atoms with Crippen molar-refractivity contribution in [2.24, 2.45) is 11.7 Å². The molecule has 0 aliphatic carbocycles. The monoisotopic (exact) mass is 188 g/mol. The molecule has 1 amide bonds. The van der Waals surface area contributed by atoms with Gasteiger partial charge in [0.05, 0.1) is 6.42 Å². The van der Waals surface area contributed by atoms with Crippen LogP contribution in [0.2, 0.25) is 0 Å². The predicted molar refractivity (Wildman–Crippen MR) is 48.1 cm³/mol. The minimum absolute atomic E-state index is 0.165. The van der Waals surface area contributed by atoms with E-state index < -0.39 is 17.9 Å². The summed E-state index contributed by atoms with van der Waals surface area (Å²) in [6, 6.07) is -0.861. The molecule has 0 bridgehead atoms. The largest absolute Gasteiger partial charge is 0.480 e. The summed E-state index contributed by atoms with van der Waals surface area (Å²) in [5, 5.41) is 11.4. The van der Waals surface area contributed by atoms with E-state index in [1.165, 1.54) is 0 Å². The molecule has 1 atom stereocenters. The summed E-state index contributed by atoms with van der Waals surface area (Å²) in [6.07, 6.45) is -0.165. The highest BCUT2D eigenvalue weighted by Crippen LogP contribution is 1.94. The fourth-order valence-corrected chi connectivity index (χ4v) is 0.826. The predicted octanol–water partition coefficient (Wildman–Crippen LogP) is -0.439. The second kappa shape index (κ2) is 5.53. The zero-order valence-electron chi connectivity index (χ0n) is 7.91. The molecule has 5 nitrogen and oxygen atoms in total. The summed E-state index contributed by atoms with van der Waals surface area (Å²) in [5.41, 5.74) is 4.90. The summed E-state index contributed by atoms with van der Waals surface area (Å²) < 4.78 is 0. The van der Waals surface area contributed by atoms with E-state index in [9.17, 15) is 9.59 Å². The number of carboxylic acid groups (broad SMARTS) is 1. The number of hydrogen-bond acceptors (Lipinski definition) is 3. The molecule has 5 heteroatoms. The standard InChI is InChI=1S/C8H16N2O3/c1-5(2)4-10-6(8(12)13)3-7(9)11/h5-6,10H,3-4H2,1-2H3,(H2,9,11)(H,12,13)/t6-/m0/s1. The molecule has 0 aliphatic rings. The molecule has 0 aliphatic heterocycles. The first-order chi connectivity index (χ1) is 5.93. The molecule has 0 unspecified atom stereocenters. The fraction of sp³-hybridized carbons (Fsp3) is 0.750. The van der Waals surface area contributed by atoms with Crippen LogP contribution in [0.5, 0.6) is 0 Å². The number of aliphatic carboxylic acids is 1. The fourth-order valence-electron chi connectivity index (χ4n) is 0.826. The van der Waals surface area contributed by atoms with Crippen LogP contribution < -0.4 is 11.1 Å². The average molecular weight is 188 g/mol. The van der Waals surface area contributed by atoms with E-state index in [4.69, 9.17) is 10.8 Å². The maximum Gasteiger partial charge on any atom is 0.321 e. The topological polar surface area (TPSA) is 92.4 Å². The number of nitrogens with two attached hydrogens (primary N) is 1. The van der Waals surface area contributed by atoms with Crippen LogP contribution in [0.4, 0.5) is 0 Å². The van der Waals surface area contributed by atoms with Gasteiger partial charge in [-0.05, 0) is 12.5 Å². The molecular formula is C8H16N2O3. The van der Waals surface area contributed by atoms with E-state index in [0.29, 0.717) is 12.5 Å². The van der Waals surface area contributed by atoms with Crippen LogP contribution in [0.3, 0.4) is 0 Å². The summed E-state index contributed by atoms with van der Waals surface area (Å²) in [5.74, 6) is -1.31. The highest BCUT2D eigenvalue weighted by atomic mass is 16.4. The minimum atomic E-state index is -1.04. The van der Waals surface area contributed by atoms with Crippen molar-refractivity contribution < 1.29 is 14.7 Å². The van der Waals surface area contributed by atoms with Crippen molar-refractivity contribution in [3.8, 4) is 0 Å². The Bertz CT molecular complexity index is 192. The molecule has 0 spiro atoms. The van der Waals surface area contributed by atoms with Gasteiger partial charge in [0.15, 0.2) is 0 Å². The second-order valence-corrected chi connectivity index (χ2v) is 3.36. The molecular weight excluding hydrogens is 172 g/mol. The number of hydrogen-bond donors (Lipinski definition) is 3. The number of carbonyl (C=O) groups is 2. The Kier molecular flexibility index (Phi) is 5.06. The number of carbonyl (C=O) groups excluding carboxylic acids is 1. The van der Waals surface area contributed by atoms with E-state index in [1.54, 1.807) is 0 Å². The van der Waals surface area contributed by atoms with E-state index in [-0.39, 0.29) is 6.42 Å². The third-order valence-corrected chi connectivity index (χ3v) is 1.48. The maximum absolute atomic E-state index is 10.6. The highest BCUT2D eigenvalue weighted by Gasteiger charge is 2.18. The number of amides is 1. The third kappa shape index (κ3) is 6.10. The summed E-state index contributed by atoms with van der Waals surface area (Å²) in [7, 11) is 0. The van der Waals surface area contributed by atoms with Crippen molar-refractivity contribution in [1.29, 1.82) is 0 Å². The summed E-state index contributed by atoms with van der Waals surface area (Å²) >= 11 is 0. The van der Waals surface area contributed by atoms with Crippen LogP contribution >= 0.6 is 0 Å². The lowest BCUT2D eigenvalue weighted by Gasteiger charge is -2.13. The molecule has 0 heterocycles. The lowest BCUT2D eigenvalue weighted by atomic mass is 10.1. The Labute approximate surface area is 77.3 Å². The van der Waals surface area contributed by atoms with E-state index in [0.717, 1.165) is 0 Å². The van der Waals surface area contributed by atoms with Gasteiger partial charge in [-0.25, -0.2) is 0 Å². The molecule has 4 N–H and O–H groups in total. The Hall–Kier alpha value is -1.10. The minimum Gasteiger partial charge on any atom is -0.480 e. The molecule has 0 aromatic carbocycles. The maximum atomic E-state index is 10.6. The smallest absolute Gasteiger partial charge is 0.321 e. The molecule has 0 radical (unpaired) electrons. The van der Waals surface area contributed by atoms with Crippen LogP contribution in [0.25, 0.3) is 0 Å². The number of rotatable bonds is 6. The first kappa shape index (κ1) is 11.9. The van der Waals surface area contributed by atoms with Gasteiger partial charge in [-0.15, -0.1) is 0 Å². The Morgan fingerprint density at radius 3 is 2.31 bits per heavy atom. The van der Waals surface area contributed by atoms with Crippen LogP contribution in [0.15, 0.2) is 0 Å². The van der Waals surface area contributed by atoms with Crippen molar-refractivity contribution in [2.75, 3.05) is 6.54 Å². The Morgan fingerprint density at radius 1 is 1.46 bits per heavy atom. The number of carboxylic acids is 1. The lowest BCUT2D eigenvalue weighted by Crippen LogP contribution is -2.41. The molecule has 0 saturated heterocycles. The SMILES string of the molecule is CC(C)CN[C@@H](CC(N)=O)C(=O)O. The van der Waals surface area contributed by atoms with Crippen molar-refractivity contribution in [2.45, 2.75) is 26.3 Å². The van der Waals surface area contributed by atoms with Crippen molar-refractivity contribution in [3.05, 3.63) is 0 Å². The van der Waals surface area contributed by atoms with Crippen molar-refractivity contribution >= 4 is 11.9 Å². The van der Waals surface area contributed by atoms with Crippen LogP contribution in [0, 0.1) is 5.92 Å². The van der Waals surface area contributed by atoms with Gasteiger partial charge in [0.25, 0.3) is 0 Å². The third-order valence-electron chi connectivity index (χ3n) is 1.48. The van der Waals surface area contributed by atoms with Crippen LogP contribution in [0.1, 0.15) is 20.3 Å². The number of nitrogens with one attached hydrogen (secondary N) is 1. The zero-order valence-corrected chi connectivity index (χ0v) is 7.91. The van der Waals surface area contributed by atoms with Gasteiger partial charge in [-0.1, -0.05) is 13.8 Å². The Morgan fingerprint density at radius 2 is 2.00 bits per heavy atom. The zero-order chi connectivity index (χ0) is 10.4. The molecule has 0 fully saturated rings. The van der Waals surface area contributed by atoms with E-state index >= 15 is 0 Å². The summed E-state index contributed by atoms with van der Waals surface area (Å²) in [6.45, 7) is 4.47. The molecule has 13 heavy (non-hydrogen) atoms. The van der Waals surface area contributed by atoms with Gasteiger partial charge in [0.2, 0.25) is 5.91 Å². The van der Waals surface area contributed by atoms with Crippen LogP contribution in [-0.4, -0.2) is 29.6 Å². The molecule has 0 rings (SSSR count).